The molecule has 116 valence electrons. The van der Waals surface area contributed by atoms with Crippen molar-refractivity contribution in [3.05, 3.63) is 22.4 Å². The monoisotopic (exact) mass is 310 g/mol. The Labute approximate surface area is 129 Å². The highest BCUT2D eigenvalue weighted by atomic mass is 32.1. The largest absolute Gasteiger partial charge is 0.481 e. The molecule has 0 radical (unpaired) electrons. The molecule has 0 aliphatic heterocycles. The number of carbonyl (C=O) groups is 2. The van der Waals surface area contributed by atoms with Gasteiger partial charge in [0.1, 0.15) is 0 Å². The fourth-order valence-electron chi connectivity index (χ4n) is 2.23. The molecule has 2 rings (SSSR count). The van der Waals surface area contributed by atoms with Crippen molar-refractivity contribution < 1.29 is 14.7 Å². The van der Waals surface area contributed by atoms with Gasteiger partial charge in [-0.05, 0) is 30.2 Å². The van der Waals surface area contributed by atoms with Crippen molar-refractivity contribution in [1.29, 1.82) is 0 Å². The van der Waals surface area contributed by atoms with Gasteiger partial charge in [-0.25, -0.2) is 4.79 Å². The maximum atomic E-state index is 12.3. The van der Waals surface area contributed by atoms with E-state index < -0.39 is 11.9 Å². The summed E-state index contributed by atoms with van der Waals surface area (Å²) in [6.07, 6.45) is 2.07. The predicted octanol–water partition coefficient (Wildman–Crippen LogP) is 2.78. The molecule has 1 aliphatic carbocycles. The van der Waals surface area contributed by atoms with E-state index in [1.54, 1.807) is 11.3 Å². The summed E-state index contributed by atoms with van der Waals surface area (Å²) >= 11 is 1.63. The lowest BCUT2D eigenvalue weighted by atomic mass is 9.96. The number of carbonyl (C=O) groups excluding carboxylic acids is 1. The van der Waals surface area contributed by atoms with Gasteiger partial charge in [-0.3, -0.25) is 4.79 Å². The van der Waals surface area contributed by atoms with E-state index in [0.29, 0.717) is 12.6 Å². The van der Waals surface area contributed by atoms with Crippen LogP contribution in [-0.2, 0) is 11.3 Å². The van der Waals surface area contributed by atoms with Crippen molar-refractivity contribution in [1.82, 2.24) is 10.2 Å². The number of carboxylic acids is 1. The van der Waals surface area contributed by atoms with Gasteiger partial charge in [-0.1, -0.05) is 19.9 Å². The van der Waals surface area contributed by atoms with Gasteiger partial charge in [0, 0.05) is 17.5 Å². The molecule has 5 nitrogen and oxygen atoms in total. The molecular weight excluding hydrogens is 288 g/mol. The minimum absolute atomic E-state index is 0.00512. The summed E-state index contributed by atoms with van der Waals surface area (Å²) in [6, 6.07) is 4.14. The van der Waals surface area contributed by atoms with E-state index in [4.69, 9.17) is 5.11 Å². The molecule has 0 aromatic carbocycles. The van der Waals surface area contributed by atoms with Crippen molar-refractivity contribution >= 4 is 23.3 Å². The van der Waals surface area contributed by atoms with Crippen molar-refractivity contribution in [3.63, 3.8) is 0 Å². The van der Waals surface area contributed by atoms with Crippen molar-refractivity contribution in [3.8, 4) is 0 Å². The SMILES string of the molecule is CC(C)C(CNC(=O)N(Cc1cccs1)C1CC1)C(=O)O. The fraction of sp³-hybridized carbons (Fsp3) is 0.600. The number of nitrogens with one attached hydrogen (secondary N) is 1. The van der Waals surface area contributed by atoms with Gasteiger partial charge in [0.25, 0.3) is 0 Å². The number of urea groups is 1. The van der Waals surface area contributed by atoms with Crippen molar-refractivity contribution in [2.45, 2.75) is 39.3 Å². The summed E-state index contributed by atoms with van der Waals surface area (Å²) in [5, 5.41) is 13.9. The zero-order valence-corrected chi connectivity index (χ0v) is 13.2. The Morgan fingerprint density at radius 1 is 1.48 bits per heavy atom. The standard InChI is InChI=1S/C15H22N2O3S/c1-10(2)13(14(18)19)8-16-15(20)17(11-5-6-11)9-12-4-3-7-21-12/h3-4,7,10-11,13H,5-6,8-9H2,1-2H3,(H,16,20)(H,18,19). The van der Waals surface area contributed by atoms with E-state index in [1.807, 2.05) is 36.3 Å². The second-order valence-corrected chi connectivity index (χ2v) is 6.85. The Morgan fingerprint density at radius 3 is 2.67 bits per heavy atom. The number of hydrogen-bond donors (Lipinski definition) is 2. The molecule has 1 fully saturated rings. The van der Waals surface area contributed by atoms with Gasteiger partial charge in [-0.15, -0.1) is 11.3 Å². The smallest absolute Gasteiger partial charge is 0.318 e. The average molecular weight is 310 g/mol. The molecule has 1 saturated carbocycles. The number of rotatable bonds is 7. The van der Waals surface area contributed by atoms with Gasteiger partial charge in [-0.2, -0.15) is 0 Å². The molecule has 1 aromatic rings. The first kappa shape index (κ1) is 15.8. The lowest BCUT2D eigenvalue weighted by Gasteiger charge is -2.24. The summed E-state index contributed by atoms with van der Waals surface area (Å²) in [5.41, 5.74) is 0. The topological polar surface area (TPSA) is 69.6 Å². The normalized spacial score (nSPS) is 15.8. The Morgan fingerprint density at radius 2 is 2.19 bits per heavy atom. The minimum Gasteiger partial charge on any atom is -0.481 e. The Bertz CT molecular complexity index is 483. The molecule has 2 N–H and O–H groups in total. The third-order valence-electron chi connectivity index (χ3n) is 3.75. The third kappa shape index (κ3) is 4.46. The second kappa shape index (κ2) is 6.93. The Hall–Kier alpha value is -1.56. The molecular formula is C15H22N2O3S. The summed E-state index contributed by atoms with van der Waals surface area (Å²) in [7, 11) is 0. The lowest BCUT2D eigenvalue weighted by Crippen LogP contribution is -2.44. The fourth-order valence-corrected chi connectivity index (χ4v) is 2.93. The van der Waals surface area contributed by atoms with Crippen molar-refractivity contribution in [2.75, 3.05) is 6.54 Å². The van der Waals surface area contributed by atoms with Crippen LogP contribution < -0.4 is 5.32 Å². The zero-order valence-electron chi connectivity index (χ0n) is 12.4. The third-order valence-corrected chi connectivity index (χ3v) is 4.61. The van der Waals surface area contributed by atoms with E-state index >= 15 is 0 Å². The number of carboxylic acid groups (broad SMARTS) is 1. The van der Waals surface area contributed by atoms with Gasteiger partial charge >= 0.3 is 12.0 Å². The Balaban J connectivity index is 1.91. The van der Waals surface area contributed by atoms with Crippen LogP contribution in [0.2, 0.25) is 0 Å². The van der Waals surface area contributed by atoms with Crippen LogP contribution in [-0.4, -0.2) is 34.6 Å². The summed E-state index contributed by atoms with van der Waals surface area (Å²) in [4.78, 5) is 26.5. The first-order chi connectivity index (χ1) is 9.99. The zero-order chi connectivity index (χ0) is 15.4. The first-order valence-corrected chi connectivity index (χ1v) is 8.16. The Kier molecular flexibility index (Phi) is 5.22. The molecule has 1 unspecified atom stereocenters. The van der Waals surface area contributed by atoms with Crippen LogP contribution in [0.1, 0.15) is 31.6 Å². The van der Waals surface area contributed by atoms with Crippen LogP contribution in [0.5, 0.6) is 0 Å². The molecule has 21 heavy (non-hydrogen) atoms. The molecule has 0 spiro atoms. The van der Waals surface area contributed by atoms with Crippen LogP contribution >= 0.6 is 11.3 Å². The molecule has 1 atom stereocenters. The highest BCUT2D eigenvalue weighted by Gasteiger charge is 2.33. The van der Waals surface area contributed by atoms with Gasteiger partial charge in [0.05, 0.1) is 12.5 Å². The quantitative estimate of drug-likeness (QED) is 0.813. The molecule has 1 aliphatic rings. The number of thiophene rings is 1. The van der Waals surface area contributed by atoms with Crippen LogP contribution in [0.15, 0.2) is 17.5 Å². The highest BCUT2D eigenvalue weighted by molar-refractivity contribution is 7.09. The molecule has 2 amide bonds. The van der Waals surface area contributed by atoms with Crippen molar-refractivity contribution in [2.24, 2.45) is 11.8 Å². The van der Waals surface area contributed by atoms with Crippen LogP contribution in [0.25, 0.3) is 0 Å². The predicted molar refractivity (Wildman–Crippen MR) is 82.2 cm³/mol. The van der Waals surface area contributed by atoms with Gasteiger partial charge in [0.2, 0.25) is 0 Å². The molecule has 1 heterocycles. The van der Waals surface area contributed by atoms with E-state index in [2.05, 4.69) is 5.32 Å². The number of aliphatic carboxylic acids is 1. The molecule has 0 bridgehead atoms. The van der Waals surface area contributed by atoms with Crippen LogP contribution in [0.3, 0.4) is 0 Å². The molecule has 6 heteroatoms. The number of hydrogen-bond acceptors (Lipinski definition) is 3. The van der Waals surface area contributed by atoms with Crippen LogP contribution in [0, 0.1) is 11.8 Å². The molecule has 0 saturated heterocycles. The minimum atomic E-state index is -0.860. The summed E-state index contributed by atoms with van der Waals surface area (Å²) < 4.78 is 0. The number of nitrogens with zero attached hydrogens (tertiary/aromatic N) is 1. The highest BCUT2D eigenvalue weighted by Crippen LogP contribution is 2.29. The van der Waals surface area contributed by atoms with E-state index in [0.717, 1.165) is 17.7 Å². The average Bonchev–Trinajstić information content (AvgIpc) is 3.12. The first-order valence-electron chi connectivity index (χ1n) is 7.28. The van der Waals surface area contributed by atoms with Crippen LogP contribution in [0.4, 0.5) is 4.79 Å². The lowest BCUT2D eigenvalue weighted by molar-refractivity contribution is -0.142. The molecule has 1 aromatic heterocycles. The van der Waals surface area contributed by atoms with E-state index in [1.165, 1.54) is 0 Å². The summed E-state index contributed by atoms with van der Waals surface area (Å²) in [5.74, 6) is -1.41. The second-order valence-electron chi connectivity index (χ2n) is 5.81. The van der Waals surface area contributed by atoms with E-state index in [-0.39, 0.29) is 18.5 Å². The van der Waals surface area contributed by atoms with Gasteiger partial charge < -0.3 is 15.3 Å². The van der Waals surface area contributed by atoms with Gasteiger partial charge in [0.15, 0.2) is 0 Å². The maximum absolute atomic E-state index is 12.3. The maximum Gasteiger partial charge on any atom is 0.318 e. The van der Waals surface area contributed by atoms with E-state index in [9.17, 15) is 9.59 Å². The summed E-state index contributed by atoms with van der Waals surface area (Å²) in [6.45, 7) is 4.50. The number of amides is 2.